The normalized spacial score (nSPS) is 10.3. The number of benzene rings is 1. The minimum atomic E-state index is -0.137. The number of pyridine rings is 1. The first-order chi connectivity index (χ1) is 11.2. The van der Waals surface area contributed by atoms with Gasteiger partial charge in [0.2, 0.25) is 5.91 Å². The average Bonchev–Trinajstić information content (AvgIpc) is 2.58. The molecule has 0 aliphatic carbocycles. The summed E-state index contributed by atoms with van der Waals surface area (Å²) in [7, 11) is 0. The molecule has 0 bridgehead atoms. The van der Waals surface area contributed by atoms with Gasteiger partial charge in [-0.1, -0.05) is 31.5 Å². The van der Waals surface area contributed by atoms with Crippen molar-refractivity contribution in [1.82, 2.24) is 21.2 Å². The number of thiocarbonyl (C=S) groups is 1. The molecule has 5 nitrogen and oxygen atoms in total. The molecular formula is C16H20N4OS2. The molecule has 0 unspecified atom stereocenters. The Hall–Kier alpha value is -1.86. The standard InChI is InChI=1S/C16H20N4OS2/c1-2-3-9-18-16(22)20-19-14(21)11-23-13-8-4-6-12-7-5-10-17-15(12)13/h4-8,10H,2-3,9,11H2,1H3,(H,19,21)(H2,18,20,22). The van der Waals surface area contributed by atoms with Crippen LogP contribution in [0.1, 0.15) is 19.8 Å². The molecule has 2 aromatic rings. The van der Waals surface area contributed by atoms with Crippen molar-refractivity contribution in [3.05, 3.63) is 36.5 Å². The van der Waals surface area contributed by atoms with Crippen LogP contribution < -0.4 is 16.2 Å². The lowest BCUT2D eigenvalue weighted by atomic mass is 10.2. The summed E-state index contributed by atoms with van der Waals surface area (Å²) >= 11 is 6.53. The fourth-order valence-corrected chi connectivity index (χ4v) is 2.92. The Labute approximate surface area is 145 Å². The van der Waals surface area contributed by atoms with Crippen molar-refractivity contribution in [1.29, 1.82) is 0 Å². The summed E-state index contributed by atoms with van der Waals surface area (Å²) in [6.07, 6.45) is 3.89. The number of aromatic nitrogens is 1. The van der Waals surface area contributed by atoms with Gasteiger partial charge in [0.15, 0.2) is 5.11 Å². The van der Waals surface area contributed by atoms with Crippen molar-refractivity contribution in [2.45, 2.75) is 24.7 Å². The topological polar surface area (TPSA) is 66.0 Å². The molecule has 0 fully saturated rings. The highest BCUT2D eigenvalue weighted by molar-refractivity contribution is 8.00. The van der Waals surface area contributed by atoms with Crippen LogP contribution in [0.2, 0.25) is 0 Å². The molecule has 0 aliphatic heterocycles. The number of hydrazine groups is 1. The Bertz CT molecular complexity index is 673. The largest absolute Gasteiger partial charge is 0.361 e. The van der Waals surface area contributed by atoms with E-state index in [1.165, 1.54) is 11.8 Å². The Kier molecular flexibility index (Phi) is 7.09. The van der Waals surface area contributed by atoms with Gasteiger partial charge in [-0.2, -0.15) is 0 Å². The van der Waals surface area contributed by atoms with Gasteiger partial charge in [-0.15, -0.1) is 11.8 Å². The maximum absolute atomic E-state index is 11.9. The van der Waals surface area contributed by atoms with E-state index in [4.69, 9.17) is 12.2 Å². The van der Waals surface area contributed by atoms with Gasteiger partial charge < -0.3 is 5.32 Å². The van der Waals surface area contributed by atoms with E-state index < -0.39 is 0 Å². The molecule has 0 radical (unpaired) electrons. The number of carbonyl (C=O) groups is 1. The molecular weight excluding hydrogens is 328 g/mol. The number of para-hydroxylation sites is 1. The quantitative estimate of drug-likeness (QED) is 0.323. The molecule has 2 rings (SSSR count). The maximum atomic E-state index is 11.9. The lowest BCUT2D eigenvalue weighted by Crippen LogP contribution is -2.47. The summed E-state index contributed by atoms with van der Waals surface area (Å²) < 4.78 is 0. The van der Waals surface area contributed by atoms with E-state index in [0.29, 0.717) is 10.9 Å². The van der Waals surface area contributed by atoms with E-state index in [1.807, 2.05) is 30.3 Å². The molecule has 0 saturated heterocycles. The number of thioether (sulfide) groups is 1. The maximum Gasteiger partial charge on any atom is 0.248 e. The monoisotopic (exact) mass is 348 g/mol. The first kappa shape index (κ1) is 17.5. The second-order valence-corrected chi connectivity index (χ2v) is 6.33. The van der Waals surface area contributed by atoms with E-state index in [-0.39, 0.29) is 5.91 Å². The summed E-state index contributed by atoms with van der Waals surface area (Å²) in [4.78, 5) is 17.2. The van der Waals surface area contributed by atoms with Crippen LogP contribution in [0.4, 0.5) is 0 Å². The average molecular weight is 348 g/mol. The van der Waals surface area contributed by atoms with Crippen molar-refractivity contribution in [3.63, 3.8) is 0 Å². The summed E-state index contributed by atoms with van der Waals surface area (Å²) in [5.41, 5.74) is 6.21. The number of unbranched alkanes of at least 4 members (excludes halogenated alkanes) is 1. The van der Waals surface area contributed by atoms with Gasteiger partial charge in [0.25, 0.3) is 0 Å². The van der Waals surface area contributed by atoms with Crippen LogP contribution >= 0.6 is 24.0 Å². The molecule has 0 aliphatic rings. The minimum Gasteiger partial charge on any atom is -0.361 e. The van der Waals surface area contributed by atoms with Gasteiger partial charge in [-0.05, 0) is 30.8 Å². The number of fused-ring (bicyclic) bond motifs is 1. The van der Waals surface area contributed by atoms with Crippen molar-refractivity contribution >= 4 is 45.9 Å². The molecule has 1 aromatic heterocycles. The first-order valence-corrected chi connectivity index (χ1v) is 8.89. The van der Waals surface area contributed by atoms with Crippen LogP contribution in [-0.4, -0.2) is 28.3 Å². The van der Waals surface area contributed by atoms with E-state index in [1.54, 1.807) is 6.20 Å². The highest BCUT2D eigenvalue weighted by Crippen LogP contribution is 2.25. The van der Waals surface area contributed by atoms with E-state index in [9.17, 15) is 4.79 Å². The van der Waals surface area contributed by atoms with Crippen LogP contribution in [0, 0.1) is 0 Å². The number of carbonyl (C=O) groups excluding carboxylic acids is 1. The Morgan fingerprint density at radius 1 is 1.26 bits per heavy atom. The summed E-state index contributed by atoms with van der Waals surface area (Å²) in [6.45, 7) is 2.91. The second kappa shape index (κ2) is 9.32. The molecule has 0 atom stereocenters. The molecule has 23 heavy (non-hydrogen) atoms. The fraction of sp³-hybridized carbons (Fsp3) is 0.312. The third kappa shape index (κ3) is 5.69. The first-order valence-electron chi connectivity index (χ1n) is 7.50. The van der Waals surface area contributed by atoms with Gasteiger partial charge in [0.05, 0.1) is 11.3 Å². The lowest BCUT2D eigenvalue weighted by Gasteiger charge is -2.11. The molecule has 1 aromatic carbocycles. The van der Waals surface area contributed by atoms with Crippen LogP contribution in [-0.2, 0) is 4.79 Å². The summed E-state index contributed by atoms with van der Waals surface area (Å²) in [5, 5.41) is 4.53. The van der Waals surface area contributed by atoms with Crippen molar-refractivity contribution in [2.75, 3.05) is 12.3 Å². The van der Waals surface area contributed by atoms with Crippen LogP contribution in [0.5, 0.6) is 0 Å². The predicted molar refractivity (Wildman–Crippen MR) is 99.3 cm³/mol. The van der Waals surface area contributed by atoms with Gasteiger partial charge >= 0.3 is 0 Å². The number of amides is 1. The Balaban J connectivity index is 1.79. The number of nitrogens with one attached hydrogen (secondary N) is 3. The molecule has 0 spiro atoms. The molecule has 7 heteroatoms. The van der Waals surface area contributed by atoms with Crippen molar-refractivity contribution in [2.24, 2.45) is 0 Å². The second-order valence-electron chi connectivity index (χ2n) is 4.90. The van der Waals surface area contributed by atoms with E-state index in [2.05, 4.69) is 28.1 Å². The lowest BCUT2D eigenvalue weighted by molar-refractivity contribution is -0.119. The zero-order valence-electron chi connectivity index (χ0n) is 13.0. The van der Waals surface area contributed by atoms with Crippen LogP contribution in [0.25, 0.3) is 10.9 Å². The highest BCUT2D eigenvalue weighted by atomic mass is 32.2. The van der Waals surface area contributed by atoms with Crippen LogP contribution in [0.3, 0.4) is 0 Å². The van der Waals surface area contributed by atoms with Crippen molar-refractivity contribution < 1.29 is 4.79 Å². The van der Waals surface area contributed by atoms with Gasteiger partial charge in [-0.3, -0.25) is 20.6 Å². The third-order valence-corrected chi connectivity index (χ3v) is 4.38. The number of hydrogen-bond acceptors (Lipinski definition) is 4. The molecule has 122 valence electrons. The molecule has 3 N–H and O–H groups in total. The van der Waals surface area contributed by atoms with Gasteiger partial charge in [-0.25, -0.2) is 0 Å². The van der Waals surface area contributed by atoms with Gasteiger partial charge in [0, 0.05) is 23.0 Å². The number of rotatable bonds is 6. The third-order valence-electron chi connectivity index (χ3n) is 3.09. The Morgan fingerprint density at radius 3 is 2.91 bits per heavy atom. The minimum absolute atomic E-state index is 0.137. The zero-order valence-corrected chi connectivity index (χ0v) is 14.6. The molecule has 0 saturated carbocycles. The summed E-state index contributed by atoms with van der Waals surface area (Å²) in [5.74, 6) is 0.155. The predicted octanol–water partition coefficient (Wildman–Crippen LogP) is 2.62. The summed E-state index contributed by atoms with van der Waals surface area (Å²) in [6, 6.07) is 9.86. The smallest absolute Gasteiger partial charge is 0.248 e. The molecule has 1 heterocycles. The number of nitrogens with zero attached hydrogens (tertiary/aromatic N) is 1. The SMILES string of the molecule is CCCCNC(=S)NNC(=O)CSc1cccc2cccnc12. The fourth-order valence-electron chi connectivity index (χ4n) is 1.92. The molecule has 1 amide bonds. The van der Waals surface area contributed by atoms with Gasteiger partial charge in [0.1, 0.15) is 0 Å². The zero-order chi connectivity index (χ0) is 16.5. The van der Waals surface area contributed by atoms with E-state index in [0.717, 1.165) is 35.2 Å². The number of hydrogen-bond donors (Lipinski definition) is 3. The van der Waals surface area contributed by atoms with Crippen molar-refractivity contribution in [3.8, 4) is 0 Å². The van der Waals surface area contributed by atoms with E-state index >= 15 is 0 Å². The Morgan fingerprint density at radius 2 is 2.09 bits per heavy atom. The van der Waals surface area contributed by atoms with Crippen LogP contribution in [0.15, 0.2) is 41.4 Å². The highest BCUT2D eigenvalue weighted by Gasteiger charge is 2.06.